The van der Waals surface area contributed by atoms with Gasteiger partial charge in [-0.1, -0.05) is 0 Å². The molecule has 1 unspecified atom stereocenters. The number of methoxy groups -OCH3 is 2. The number of carbonyl (C=O) groups excluding carboxylic acids is 2. The van der Waals surface area contributed by atoms with Crippen LogP contribution in [0.4, 0.5) is 0 Å². The van der Waals surface area contributed by atoms with Crippen LogP contribution >= 0.6 is 12.4 Å². The van der Waals surface area contributed by atoms with Crippen LogP contribution < -0.4 is 10.6 Å². The second-order valence-corrected chi connectivity index (χ2v) is 4.88. The number of esters is 1. The minimum absolute atomic E-state index is 0. The zero-order valence-corrected chi connectivity index (χ0v) is 12.5. The second kappa shape index (κ2) is 8.35. The van der Waals surface area contributed by atoms with E-state index in [1.54, 1.807) is 6.92 Å². The second-order valence-electron chi connectivity index (χ2n) is 4.88. The molecule has 0 aromatic rings. The fourth-order valence-electron chi connectivity index (χ4n) is 1.72. The first-order valence-corrected chi connectivity index (χ1v) is 6.11. The lowest BCUT2D eigenvalue weighted by Gasteiger charge is -2.27. The molecule has 19 heavy (non-hydrogen) atoms. The normalized spacial score (nSPS) is 17.0. The molecule has 112 valence electrons. The summed E-state index contributed by atoms with van der Waals surface area (Å²) in [6.45, 7) is 2.72. The molecule has 0 aromatic heterocycles. The quantitative estimate of drug-likeness (QED) is 0.621. The lowest BCUT2D eigenvalue weighted by Crippen LogP contribution is -2.57. The Balaban J connectivity index is 0.00000324. The summed E-state index contributed by atoms with van der Waals surface area (Å²) in [5.41, 5.74) is -1.14. The largest absolute Gasteiger partial charge is 0.467 e. The zero-order valence-electron chi connectivity index (χ0n) is 11.7. The molecule has 1 aliphatic rings. The van der Waals surface area contributed by atoms with Gasteiger partial charge in [-0.25, -0.2) is 4.79 Å². The molecule has 1 rings (SSSR count). The van der Waals surface area contributed by atoms with Crippen LogP contribution in [-0.2, 0) is 19.1 Å². The van der Waals surface area contributed by atoms with Crippen molar-refractivity contribution in [1.29, 1.82) is 0 Å². The molecule has 1 atom stereocenters. The SMILES string of the molecule is COCC(C)(NC(=O)CNCC1CC1)C(=O)OC.Cl. The molecule has 0 aromatic carbocycles. The lowest BCUT2D eigenvalue weighted by molar-refractivity contribution is -0.152. The van der Waals surface area contributed by atoms with Crippen molar-refractivity contribution in [2.24, 2.45) is 5.92 Å². The number of hydrogen-bond acceptors (Lipinski definition) is 5. The highest BCUT2D eigenvalue weighted by Crippen LogP contribution is 2.27. The Hall–Kier alpha value is -0.850. The van der Waals surface area contributed by atoms with Gasteiger partial charge in [0.1, 0.15) is 0 Å². The Bertz CT molecular complexity index is 310. The van der Waals surface area contributed by atoms with Crippen molar-refractivity contribution in [2.75, 3.05) is 33.9 Å². The van der Waals surface area contributed by atoms with E-state index in [0.29, 0.717) is 5.92 Å². The molecule has 1 saturated carbocycles. The van der Waals surface area contributed by atoms with Gasteiger partial charge in [0, 0.05) is 7.11 Å². The minimum atomic E-state index is -1.14. The number of ether oxygens (including phenoxy) is 2. The third kappa shape index (κ3) is 6.22. The van der Waals surface area contributed by atoms with Crippen LogP contribution in [0.3, 0.4) is 0 Å². The minimum Gasteiger partial charge on any atom is -0.467 e. The van der Waals surface area contributed by atoms with E-state index in [4.69, 9.17) is 4.74 Å². The Kier molecular flexibility index (Phi) is 7.97. The lowest BCUT2D eigenvalue weighted by atomic mass is 10.0. The standard InChI is InChI=1S/C12H22N2O4.ClH/c1-12(8-17-2,11(16)18-3)14-10(15)7-13-6-9-4-5-9;/h9,13H,4-8H2,1-3H3,(H,14,15);1H. The van der Waals surface area contributed by atoms with Crippen molar-refractivity contribution in [3.63, 3.8) is 0 Å². The molecule has 0 saturated heterocycles. The summed E-state index contributed by atoms with van der Waals surface area (Å²) < 4.78 is 9.62. The van der Waals surface area contributed by atoms with Crippen LogP contribution in [0.25, 0.3) is 0 Å². The van der Waals surface area contributed by atoms with E-state index >= 15 is 0 Å². The van der Waals surface area contributed by atoms with Crippen LogP contribution in [0.5, 0.6) is 0 Å². The molecule has 1 aliphatic carbocycles. The fourth-order valence-corrected chi connectivity index (χ4v) is 1.72. The molecule has 0 aliphatic heterocycles. The van der Waals surface area contributed by atoms with Crippen LogP contribution in [-0.4, -0.2) is 51.3 Å². The third-order valence-electron chi connectivity index (χ3n) is 2.90. The van der Waals surface area contributed by atoms with Gasteiger partial charge in [-0.3, -0.25) is 4.79 Å². The summed E-state index contributed by atoms with van der Waals surface area (Å²) in [6.07, 6.45) is 2.47. The van der Waals surface area contributed by atoms with Crippen LogP contribution in [0, 0.1) is 5.92 Å². The first-order chi connectivity index (χ1) is 8.51. The Labute approximate surface area is 120 Å². The van der Waals surface area contributed by atoms with Crippen molar-refractivity contribution in [1.82, 2.24) is 10.6 Å². The van der Waals surface area contributed by atoms with E-state index in [9.17, 15) is 9.59 Å². The van der Waals surface area contributed by atoms with Gasteiger partial charge in [-0.2, -0.15) is 0 Å². The molecule has 1 fully saturated rings. The molecule has 1 amide bonds. The van der Waals surface area contributed by atoms with Gasteiger partial charge in [0.05, 0.1) is 20.3 Å². The Morgan fingerprint density at radius 2 is 1.95 bits per heavy atom. The zero-order chi connectivity index (χ0) is 13.6. The van der Waals surface area contributed by atoms with Gasteiger partial charge in [0.15, 0.2) is 5.54 Å². The van der Waals surface area contributed by atoms with Gasteiger partial charge in [0.2, 0.25) is 5.91 Å². The summed E-state index contributed by atoms with van der Waals surface area (Å²) in [7, 11) is 2.76. The third-order valence-corrected chi connectivity index (χ3v) is 2.90. The summed E-state index contributed by atoms with van der Waals surface area (Å²) in [5, 5.41) is 5.70. The predicted molar refractivity (Wildman–Crippen MR) is 73.3 cm³/mol. The molecule has 0 heterocycles. The Morgan fingerprint density at radius 1 is 1.32 bits per heavy atom. The number of nitrogens with one attached hydrogen (secondary N) is 2. The number of hydrogen-bond donors (Lipinski definition) is 2. The highest BCUT2D eigenvalue weighted by molar-refractivity contribution is 5.88. The molecule has 0 radical (unpaired) electrons. The van der Waals surface area contributed by atoms with E-state index < -0.39 is 11.5 Å². The molecular formula is C12H23ClN2O4. The highest BCUT2D eigenvalue weighted by atomic mass is 35.5. The maximum absolute atomic E-state index is 11.7. The maximum atomic E-state index is 11.7. The number of amides is 1. The molecular weight excluding hydrogens is 272 g/mol. The van der Waals surface area contributed by atoms with Gasteiger partial charge in [0.25, 0.3) is 0 Å². The summed E-state index contributed by atoms with van der Waals surface area (Å²) in [5.74, 6) is -0.0377. The number of rotatable bonds is 8. The van der Waals surface area contributed by atoms with Crippen molar-refractivity contribution in [3.05, 3.63) is 0 Å². The van der Waals surface area contributed by atoms with Crippen LogP contribution in [0.2, 0.25) is 0 Å². The maximum Gasteiger partial charge on any atom is 0.333 e. The first kappa shape index (κ1) is 18.1. The smallest absolute Gasteiger partial charge is 0.333 e. The molecule has 7 heteroatoms. The average molecular weight is 295 g/mol. The van der Waals surface area contributed by atoms with Gasteiger partial charge >= 0.3 is 5.97 Å². The predicted octanol–water partition coefficient (Wildman–Crippen LogP) is 0.102. The van der Waals surface area contributed by atoms with Gasteiger partial charge in [-0.05, 0) is 32.2 Å². The van der Waals surface area contributed by atoms with E-state index in [1.165, 1.54) is 27.1 Å². The van der Waals surface area contributed by atoms with Crippen molar-refractivity contribution in [2.45, 2.75) is 25.3 Å². The van der Waals surface area contributed by atoms with E-state index in [-0.39, 0.29) is 31.5 Å². The molecule has 0 spiro atoms. The number of carbonyl (C=O) groups is 2. The summed E-state index contributed by atoms with van der Waals surface area (Å²) in [6, 6.07) is 0. The monoisotopic (exact) mass is 294 g/mol. The highest BCUT2D eigenvalue weighted by Gasteiger charge is 2.36. The van der Waals surface area contributed by atoms with Crippen molar-refractivity contribution < 1.29 is 19.1 Å². The molecule has 0 bridgehead atoms. The summed E-state index contributed by atoms with van der Waals surface area (Å²) >= 11 is 0. The molecule has 6 nitrogen and oxygen atoms in total. The number of halogens is 1. The van der Waals surface area contributed by atoms with Crippen molar-refractivity contribution in [3.8, 4) is 0 Å². The first-order valence-electron chi connectivity index (χ1n) is 6.11. The van der Waals surface area contributed by atoms with Crippen LogP contribution in [0.1, 0.15) is 19.8 Å². The Morgan fingerprint density at radius 3 is 2.42 bits per heavy atom. The average Bonchev–Trinajstić information content (AvgIpc) is 3.12. The van der Waals surface area contributed by atoms with Crippen LogP contribution in [0.15, 0.2) is 0 Å². The fraction of sp³-hybridized carbons (Fsp3) is 0.833. The van der Waals surface area contributed by atoms with Gasteiger partial charge in [-0.15, -0.1) is 12.4 Å². The molecule has 2 N–H and O–H groups in total. The van der Waals surface area contributed by atoms with E-state index in [0.717, 1.165) is 6.54 Å². The van der Waals surface area contributed by atoms with Crippen molar-refractivity contribution >= 4 is 24.3 Å². The van der Waals surface area contributed by atoms with E-state index in [2.05, 4.69) is 15.4 Å². The summed E-state index contributed by atoms with van der Waals surface area (Å²) in [4.78, 5) is 23.3. The topological polar surface area (TPSA) is 76.7 Å². The van der Waals surface area contributed by atoms with E-state index in [1.807, 2.05) is 0 Å². The van der Waals surface area contributed by atoms with Gasteiger partial charge < -0.3 is 20.1 Å².